The number of likely N-dealkylation sites (tertiary alicyclic amines) is 1. The molecule has 0 aromatic heterocycles. The largest absolute Gasteiger partial charge is 0.328 e. The highest BCUT2D eigenvalue weighted by Crippen LogP contribution is 2.23. The van der Waals surface area contributed by atoms with Gasteiger partial charge in [0.05, 0.1) is 27.2 Å². The number of nitrogens with zero attached hydrogens (tertiary/aromatic N) is 2. The maximum atomic E-state index is 2.61. The molecule has 0 aliphatic carbocycles. The van der Waals surface area contributed by atoms with E-state index in [-0.39, 0.29) is 0 Å². The van der Waals surface area contributed by atoms with Crippen molar-refractivity contribution in [1.29, 1.82) is 0 Å². The summed E-state index contributed by atoms with van der Waals surface area (Å²) in [5.41, 5.74) is 0.357. The van der Waals surface area contributed by atoms with Gasteiger partial charge in [0.1, 0.15) is 0 Å². The van der Waals surface area contributed by atoms with Gasteiger partial charge in [-0.3, -0.25) is 4.90 Å². The van der Waals surface area contributed by atoms with E-state index in [1.54, 1.807) is 0 Å². The van der Waals surface area contributed by atoms with Crippen LogP contribution in [-0.2, 0) is 0 Å². The Morgan fingerprint density at radius 3 is 1.71 bits per heavy atom. The summed E-state index contributed by atoms with van der Waals surface area (Å²) in [6.45, 7) is 9.49. The minimum absolute atomic E-state index is 0.357. The second kappa shape index (κ2) is 3.82. The minimum Gasteiger partial charge on any atom is -0.328 e. The number of quaternary nitrogens is 1. The molecule has 0 radical (unpaired) electrons. The van der Waals surface area contributed by atoms with Gasteiger partial charge in [-0.25, -0.2) is 0 Å². The third-order valence-electron chi connectivity index (χ3n) is 3.51. The lowest BCUT2D eigenvalue weighted by Crippen LogP contribution is -2.54. The minimum atomic E-state index is 0.357. The van der Waals surface area contributed by atoms with Crippen molar-refractivity contribution < 1.29 is 4.48 Å². The number of rotatable bonds is 1. The normalized spacial score (nSPS) is 22.7. The topological polar surface area (TPSA) is 3.24 Å². The Morgan fingerprint density at radius 2 is 1.43 bits per heavy atom. The molecule has 1 fully saturated rings. The average Bonchev–Trinajstić information content (AvgIpc) is 2.01. The van der Waals surface area contributed by atoms with E-state index < -0.39 is 0 Å². The predicted octanol–water partition coefficient (Wildman–Crippen LogP) is 1.96. The molecule has 1 saturated heterocycles. The van der Waals surface area contributed by atoms with E-state index in [0.717, 1.165) is 10.5 Å². The molecule has 1 aliphatic rings. The fraction of sp³-hybridized carbons (Fsp3) is 1.00. The van der Waals surface area contributed by atoms with E-state index >= 15 is 0 Å². The highest BCUT2D eigenvalue weighted by molar-refractivity contribution is 4.81. The molecule has 0 unspecified atom stereocenters. The standard InChI is InChI=1S/C12H27N2/c1-12(2,3)13-9-7-11(8-10-13)14(4,5)6/h11H,7-10H2,1-6H3/q+1. The molecule has 0 N–H and O–H groups in total. The van der Waals surface area contributed by atoms with E-state index in [1.807, 2.05) is 0 Å². The highest BCUT2D eigenvalue weighted by atomic mass is 15.3. The predicted molar refractivity (Wildman–Crippen MR) is 62.4 cm³/mol. The first-order chi connectivity index (χ1) is 6.21. The molecule has 0 bridgehead atoms. The number of hydrogen-bond donors (Lipinski definition) is 0. The van der Waals surface area contributed by atoms with Crippen LogP contribution in [0.5, 0.6) is 0 Å². The van der Waals surface area contributed by atoms with Gasteiger partial charge in [0.25, 0.3) is 0 Å². The molecule has 2 nitrogen and oxygen atoms in total. The Kier molecular flexibility index (Phi) is 3.27. The Bertz CT molecular complexity index is 155. The fourth-order valence-corrected chi connectivity index (χ4v) is 2.31. The third kappa shape index (κ3) is 2.96. The van der Waals surface area contributed by atoms with Crippen LogP contribution in [0.3, 0.4) is 0 Å². The lowest BCUT2D eigenvalue weighted by molar-refractivity contribution is -0.897. The fourth-order valence-electron chi connectivity index (χ4n) is 2.31. The van der Waals surface area contributed by atoms with Crippen LogP contribution in [0.4, 0.5) is 0 Å². The quantitative estimate of drug-likeness (QED) is 0.584. The van der Waals surface area contributed by atoms with Crippen molar-refractivity contribution >= 4 is 0 Å². The summed E-state index contributed by atoms with van der Waals surface area (Å²) < 4.78 is 1.12. The van der Waals surface area contributed by atoms with Crippen molar-refractivity contribution in [3.8, 4) is 0 Å². The zero-order chi connectivity index (χ0) is 11.0. The molecule has 84 valence electrons. The molecule has 0 atom stereocenters. The molecule has 0 aromatic carbocycles. The van der Waals surface area contributed by atoms with Crippen molar-refractivity contribution in [1.82, 2.24) is 4.90 Å². The molecule has 0 saturated carbocycles. The van der Waals surface area contributed by atoms with E-state index in [1.165, 1.54) is 25.9 Å². The molecule has 0 spiro atoms. The van der Waals surface area contributed by atoms with E-state index in [0.29, 0.717) is 5.54 Å². The van der Waals surface area contributed by atoms with Crippen LogP contribution < -0.4 is 0 Å². The first-order valence-electron chi connectivity index (χ1n) is 5.77. The van der Waals surface area contributed by atoms with Crippen LogP contribution >= 0.6 is 0 Å². The smallest absolute Gasteiger partial charge is 0.0908 e. The van der Waals surface area contributed by atoms with Gasteiger partial charge in [-0.1, -0.05) is 0 Å². The molecule has 0 amide bonds. The monoisotopic (exact) mass is 199 g/mol. The summed E-state index contributed by atoms with van der Waals surface area (Å²) in [5, 5.41) is 0. The first-order valence-corrected chi connectivity index (χ1v) is 5.77. The Morgan fingerprint density at radius 1 is 1.00 bits per heavy atom. The average molecular weight is 199 g/mol. The molecule has 0 aromatic rings. The van der Waals surface area contributed by atoms with Crippen LogP contribution in [0, 0.1) is 0 Å². The molecule has 1 heterocycles. The molecule has 14 heavy (non-hydrogen) atoms. The second-order valence-electron chi connectivity index (χ2n) is 6.51. The molecule has 1 rings (SSSR count). The maximum absolute atomic E-state index is 2.61. The van der Waals surface area contributed by atoms with Gasteiger partial charge < -0.3 is 4.48 Å². The molecular weight excluding hydrogens is 172 g/mol. The zero-order valence-corrected chi connectivity index (χ0v) is 10.8. The summed E-state index contributed by atoms with van der Waals surface area (Å²) >= 11 is 0. The third-order valence-corrected chi connectivity index (χ3v) is 3.51. The molecule has 2 heteroatoms. The Labute approximate surface area is 89.5 Å². The van der Waals surface area contributed by atoms with Crippen molar-refractivity contribution in [2.24, 2.45) is 0 Å². The van der Waals surface area contributed by atoms with Crippen LogP contribution in [0.1, 0.15) is 33.6 Å². The van der Waals surface area contributed by atoms with Gasteiger partial charge in [0.15, 0.2) is 0 Å². The van der Waals surface area contributed by atoms with Crippen molar-refractivity contribution in [3.63, 3.8) is 0 Å². The van der Waals surface area contributed by atoms with Crippen molar-refractivity contribution in [2.45, 2.75) is 45.2 Å². The lowest BCUT2D eigenvalue weighted by Gasteiger charge is -2.44. The lowest BCUT2D eigenvalue weighted by atomic mass is 9.96. The van der Waals surface area contributed by atoms with Gasteiger partial charge in [-0.05, 0) is 20.8 Å². The summed E-state index contributed by atoms with van der Waals surface area (Å²) in [6.07, 6.45) is 2.70. The Hall–Kier alpha value is -0.0800. The van der Waals surface area contributed by atoms with Crippen molar-refractivity contribution in [3.05, 3.63) is 0 Å². The summed E-state index contributed by atoms with van der Waals surface area (Å²) in [6, 6.07) is 0.855. The highest BCUT2D eigenvalue weighted by Gasteiger charge is 2.32. The first kappa shape index (κ1) is 12.0. The van der Waals surface area contributed by atoms with Gasteiger partial charge in [0.2, 0.25) is 0 Å². The van der Waals surface area contributed by atoms with Crippen LogP contribution in [0.2, 0.25) is 0 Å². The van der Waals surface area contributed by atoms with Gasteiger partial charge in [-0.15, -0.1) is 0 Å². The van der Waals surface area contributed by atoms with E-state index in [4.69, 9.17) is 0 Å². The SMILES string of the molecule is CC(C)(C)N1CCC([N+](C)(C)C)CC1. The summed E-state index contributed by atoms with van der Waals surface area (Å²) in [5.74, 6) is 0. The second-order valence-corrected chi connectivity index (χ2v) is 6.51. The van der Waals surface area contributed by atoms with Gasteiger partial charge in [0, 0.05) is 31.5 Å². The van der Waals surface area contributed by atoms with Gasteiger partial charge >= 0.3 is 0 Å². The van der Waals surface area contributed by atoms with Gasteiger partial charge in [-0.2, -0.15) is 0 Å². The van der Waals surface area contributed by atoms with Crippen LogP contribution in [0.15, 0.2) is 0 Å². The maximum Gasteiger partial charge on any atom is 0.0908 e. The van der Waals surface area contributed by atoms with Crippen LogP contribution in [0.25, 0.3) is 0 Å². The zero-order valence-electron chi connectivity index (χ0n) is 10.8. The number of piperidine rings is 1. The Balaban J connectivity index is 2.47. The summed E-state index contributed by atoms with van der Waals surface area (Å²) in [7, 11) is 6.95. The number of hydrogen-bond acceptors (Lipinski definition) is 1. The summed E-state index contributed by atoms with van der Waals surface area (Å²) in [4.78, 5) is 2.61. The van der Waals surface area contributed by atoms with Crippen LogP contribution in [-0.4, -0.2) is 55.2 Å². The van der Waals surface area contributed by atoms with Crippen molar-refractivity contribution in [2.75, 3.05) is 34.2 Å². The van der Waals surface area contributed by atoms with E-state index in [9.17, 15) is 0 Å². The van der Waals surface area contributed by atoms with E-state index in [2.05, 4.69) is 46.8 Å². The molecule has 1 aliphatic heterocycles. The molecular formula is C12H27N2+.